The molecule has 67 heavy (non-hydrogen) atoms. The molecule has 12 heteroatoms. The number of nitrogens with zero attached hydrogens (tertiary/aromatic N) is 3. The summed E-state index contributed by atoms with van der Waals surface area (Å²) in [7, 11) is 3.97. The minimum Gasteiger partial charge on any atom is -0.399 e. The maximum atomic E-state index is 12.9. The molecule has 0 saturated heterocycles. The van der Waals surface area contributed by atoms with Crippen molar-refractivity contribution in [2.45, 2.75) is 12.8 Å². The molecule has 6 N–H and O–H groups in total. The maximum absolute atomic E-state index is 12.9. The van der Waals surface area contributed by atoms with Crippen molar-refractivity contribution in [2.75, 3.05) is 21.7 Å². The largest absolute Gasteiger partial charge is 0.399 e. The van der Waals surface area contributed by atoms with E-state index in [0.717, 1.165) is 46.5 Å². The molecule has 0 fully saturated rings. The molecule has 0 atom stereocenters. The van der Waals surface area contributed by atoms with Gasteiger partial charge in [-0.25, -0.2) is 14.1 Å². The molecule has 5 aromatic carbocycles. The van der Waals surface area contributed by atoms with Gasteiger partial charge < -0.3 is 21.7 Å². The highest BCUT2D eigenvalue weighted by Gasteiger charge is 2.14. The minimum absolute atomic E-state index is 0.0233. The van der Waals surface area contributed by atoms with E-state index in [4.69, 9.17) is 18.6 Å². The second-order valence-corrected chi connectivity index (χ2v) is 15.1. The van der Waals surface area contributed by atoms with Crippen LogP contribution in [0.1, 0.15) is 43.0 Å². The number of carbonyl (C=O) groups excluding carboxylic acids is 2. The van der Waals surface area contributed by atoms with Crippen LogP contribution in [0.15, 0.2) is 177 Å². The van der Waals surface area contributed by atoms with E-state index >= 15 is 0 Å². The number of rotatable bonds is 11. The van der Waals surface area contributed by atoms with Crippen molar-refractivity contribution in [3.05, 3.63) is 220 Å². The summed E-state index contributed by atoms with van der Waals surface area (Å²) in [5.41, 5.74) is 15.8. The number of nitrogen functional groups attached to an aromatic ring is 1. The predicted molar refractivity (Wildman–Crippen MR) is 263 cm³/mol. The Bertz CT molecular complexity index is 3150. The Morgan fingerprint density at radius 2 is 1.10 bits per heavy atom. The summed E-state index contributed by atoms with van der Waals surface area (Å²) in [6.07, 6.45) is 20.8. The van der Waals surface area contributed by atoms with Crippen molar-refractivity contribution >= 4 is 56.8 Å². The highest BCUT2D eigenvalue weighted by Crippen LogP contribution is 2.28. The molecule has 0 aliphatic carbocycles. The molecule has 3 heterocycles. The van der Waals surface area contributed by atoms with E-state index in [1.807, 2.05) is 121 Å². The zero-order valence-electron chi connectivity index (χ0n) is 36.9. The fourth-order valence-corrected chi connectivity index (χ4v) is 6.66. The number of nitro groups is 1. The number of amides is 2. The van der Waals surface area contributed by atoms with Crippen molar-refractivity contribution in [3.63, 3.8) is 0 Å². The summed E-state index contributed by atoms with van der Waals surface area (Å²) in [5, 5.41) is 21.0. The quantitative estimate of drug-likeness (QED) is 0.0337. The maximum Gasteiger partial charge on any atom is 0.270 e. The van der Waals surface area contributed by atoms with Crippen LogP contribution in [0.2, 0.25) is 0 Å². The third kappa shape index (κ3) is 14.2. The first kappa shape index (κ1) is 46.9. The van der Waals surface area contributed by atoms with Gasteiger partial charge in [-0.3, -0.25) is 19.7 Å². The molecule has 0 aliphatic rings. The zero-order valence-corrected chi connectivity index (χ0v) is 36.9. The van der Waals surface area contributed by atoms with E-state index < -0.39 is 4.92 Å². The van der Waals surface area contributed by atoms with Crippen LogP contribution in [0, 0.1) is 46.6 Å². The Balaban J connectivity index is 0.000000211. The number of carbonyl (C=O) groups is 2. The van der Waals surface area contributed by atoms with E-state index in [1.165, 1.54) is 23.3 Å². The van der Waals surface area contributed by atoms with Crippen LogP contribution in [-0.2, 0) is 26.9 Å². The lowest BCUT2D eigenvalue weighted by Crippen LogP contribution is -2.25. The number of aromatic nitrogens is 3. The molecule has 8 aromatic rings. The molecule has 12 nitrogen and oxygen atoms in total. The lowest BCUT2D eigenvalue weighted by atomic mass is 10.0. The van der Waals surface area contributed by atoms with Crippen molar-refractivity contribution in [1.29, 1.82) is 0 Å². The van der Waals surface area contributed by atoms with Gasteiger partial charge in [-0.15, -0.1) is 12.8 Å². The van der Waals surface area contributed by atoms with Crippen LogP contribution in [0.4, 0.5) is 34.1 Å². The van der Waals surface area contributed by atoms with E-state index in [0.29, 0.717) is 27.9 Å². The van der Waals surface area contributed by atoms with Crippen molar-refractivity contribution in [3.8, 4) is 36.5 Å². The highest BCUT2D eigenvalue weighted by molar-refractivity contribution is 6.05. The van der Waals surface area contributed by atoms with Gasteiger partial charge in [0.15, 0.2) is 31.0 Å². The molecule has 8 rings (SSSR count). The monoisotopic (exact) mass is 883 g/mol. The normalized spacial score (nSPS) is 9.91. The third-order valence-electron chi connectivity index (χ3n) is 10.1. The number of hydrogen-bond acceptors (Lipinski definition) is 6. The summed E-state index contributed by atoms with van der Waals surface area (Å²) in [5.74, 6) is 8.30. The van der Waals surface area contributed by atoms with Gasteiger partial charge in [-0.05, 0) is 132 Å². The molecule has 3 aromatic heterocycles. The van der Waals surface area contributed by atoms with Crippen LogP contribution < -0.4 is 35.8 Å². The average Bonchev–Trinajstić information content (AvgIpc) is 3.34. The Morgan fingerprint density at radius 1 is 0.627 bits per heavy atom. The molecular weight excluding hydrogens is 837 g/mol. The predicted octanol–water partition coefficient (Wildman–Crippen LogP) is 8.17. The Kier molecular flexibility index (Phi) is 16.3. The molecule has 0 unspecified atom stereocenters. The minimum atomic E-state index is -0.412. The number of nitro benzene ring substituents is 1. The van der Waals surface area contributed by atoms with Crippen molar-refractivity contribution < 1.29 is 28.6 Å². The van der Waals surface area contributed by atoms with Gasteiger partial charge in [0.2, 0.25) is 5.52 Å². The molecule has 0 spiro atoms. The summed E-state index contributed by atoms with van der Waals surface area (Å²) in [6, 6.07) is 44.6. The van der Waals surface area contributed by atoms with Crippen LogP contribution in [-0.4, -0.2) is 16.7 Å². The fraction of sp³-hybridized carbons (Fsp3) is 0.0727. The number of nitrogens with one attached hydrogen (secondary N) is 4. The highest BCUT2D eigenvalue weighted by atomic mass is 16.6. The van der Waals surface area contributed by atoms with Gasteiger partial charge in [0.05, 0.1) is 16.0 Å². The van der Waals surface area contributed by atoms with Gasteiger partial charge in [0.1, 0.15) is 14.1 Å². The molecule has 0 saturated carbocycles. The number of terminal acetylenes is 2. The Morgan fingerprint density at radius 3 is 1.58 bits per heavy atom. The van der Waals surface area contributed by atoms with Gasteiger partial charge >= 0.3 is 0 Å². The van der Waals surface area contributed by atoms with Gasteiger partial charge in [0, 0.05) is 82.4 Å². The summed E-state index contributed by atoms with van der Waals surface area (Å²) in [6.45, 7) is 0. The molecular formula is C55H47N8O4+3. The first-order chi connectivity index (χ1) is 32.5. The van der Waals surface area contributed by atoms with Crippen LogP contribution >= 0.6 is 0 Å². The van der Waals surface area contributed by atoms with Crippen LogP contribution in [0.5, 0.6) is 0 Å². The SMILES string of the molecule is C#CC#CC#C.C[n+]1ccc(Cc2cccc(C(=O)Nc3ccc(N)cc3)c2)cc1.C[n+]1ccc(Cc2cccc(C(=O)Nc3ccc(Nc4cc[nH+]c5ccc([N+](=O)[O-])cc45)cc3)c2)cc1. The number of aryl methyl sites for hydroxylation is 2. The number of fused-ring (bicyclic) bond motifs is 1. The van der Waals surface area contributed by atoms with E-state index in [2.05, 4.69) is 68.9 Å². The van der Waals surface area contributed by atoms with Crippen molar-refractivity contribution in [2.24, 2.45) is 14.1 Å². The van der Waals surface area contributed by atoms with Gasteiger partial charge in [-0.2, -0.15) is 0 Å². The van der Waals surface area contributed by atoms with E-state index in [-0.39, 0.29) is 17.5 Å². The lowest BCUT2D eigenvalue weighted by molar-refractivity contribution is -0.671. The molecule has 0 bridgehead atoms. The first-order valence-corrected chi connectivity index (χ1v) is 20.9. The third-order valence-corrected chi connectivity index (χ3v) is 10.1. The molecule has 2 amide bonds. The number of benzene rings is 5. The second kappa shape index (κ2) is 23.2. The number of H-pyrrole nitrogens is 1. The average molecular weight is 884 g/mol. The summed E-state index contributed by atoms with van der Waals surface area (Å²) >= 11 is 0. The number of nitrogens with two attached hydrogens (primary N) is 1. The molecule has 0 radical (unpaired) electrons. The van der Waals surface area contributed by atoms with E-state index in [9.17, 15) is 19.7 Å². The van der Waals surface area contributed by atoms with Gasteiger partial charge in [0.25, 0.3) is 17.5 Å². The summed E-state index contributed by atoms with van der Waals surface area (Å²) < 4.78 is 3.99. The second-order valence-electron chi connectivity index (χ2n) is 15.1. The topological polar surface area (TPSA) is 161 Å². The van der Waals surface area contributed by atoms with Crippen molar-refractivity contribution in [1.82, 2.24) is 0 Å². The Hall–Kier alpha value is -9.57. The number of pyridine rings is 3. The fourth-order valence-electron chi connectivity index (χ4n) is 6.66. The zero-order chi connectivity index (χ0) is 47.5. The Labute approximate surface area is 389 Å². The molecule has 328 valence electrons. The first-order valence-electron chi connectivity index (χ1n) is 20.9. The van der Waals surface area contributed by atoms with Gasteiger partial charge in [-0.1, -0.05) is 24.3 Å². The number of hydrogen-bond donors (Lipinski definition) is 4. The van der Waals surface area contributed by atoms with Crippen LogP contribution in [0.3, 0.4) is 0 Å². The lowest BCUT2D eigenvalue weighted by Gasteiger charge is -2.10. The summed E-state index contributed by atoms with van der Waals surface area (Å²) in [4.78, 5) is 39.2. The number of anilines is 5. The van der Waals surface area contributed by atoms with E-state index in [1.54, 1.807) is 42.6 Å². The number of non-ortho nitro benzene ring substituents is 1. The number of aromatic amines is 1. The van der Waals surface area contributed by atoms with Crippen LogP contribution in [0.25, 0.3) is 10.9 Å². The smallest absolute Gasteiger partial charge is 0.270 e. The standard InChI is InChI=1S/C29H23N5O3.C20H19N3O.C6H2/c1-33-15-12-20(13-16-33)17-21-3-2-4-22(18-21)29(35)32-24-7-5-23(6-8-24)31-28-11-14-30-27-10-9-25(34(36)37)19-26(27)28;1-23-11-9-15(10-12-23)13-16-3-2-4-17(14-16)20(24)22-19-7-5-18(21)6-8-19;1-3-5-6-4-2/h2-16,18-19H,17H2,1H3,(H-,30,31,32,35);2-12,14H,13,21H2,1H3;1-2H/p+3. The molecule has 0 aliphatic heterocycles.